The molecule has 4 N–H and O–H groups in total. The van der Waals surface area contributed by atoms with Crippen LogP contribution in [0.4, 0.5) is 0 Å². The van der Waals surface area contributed by atoms with Gasteiger partial charge in [-0.3, -0.25) is 9.59 Å². The highest BCUT2D eigenvalue weighted by Gasteiger charge is 2.38. The van der Waals surface area contributed by atoms with Gasteiger partial charge in [-0.2, -0.15) is 0 Å². The molecule has 2 amide bonds. The van der Waals surface area contributed by atoms with Gasteiger partial charge in [-0.05, 0) is 53.5 Å². The predicted octanol–water partition coefficient (Wildman–Crippen LogP) is 3.18. The van der Waals surface area contributed by atoms with Gasteiger partial charge in [0.05, 0.1) is 6.04 Å². The molecular weight excluding hydrogens is 488 g/mol. The van der Waals surface area contributed by atoms with E-state index < -0.39 is 24.0 Å². The van der Waals surface area contributed by atoms with Crippen molar-refractivity contribution in [3.05, 3.63) is 75.7 Å². The molecule has 0 radical (unpaired) electrons. The number of rotatable bonds is 8. The highest BCUT2D eigenvalue weighted by Crippen LogP contribution is 2.36. The zero-order valence-electron chi connectivity index (χ0n) is 19.1. The fourth-order valence-electron chi connectivity index (χ4n) is 4.52. The average Bonchev–Trinajstić information content (AvgIpc) is 3.52. The fourth-order valence-corrected chi connectivity index (χ4v) is 5.94. The molecule has 0 aromatic heterocycles. The quantitative estimate of drug-likeness (QED) is 0.429. The van der Waals surface area contributed by atoms with Crippen LogP contribution >= 0.6 is 23.4 Å². The summed E-state index contributed by atoms with van der Waals surface area (Å²) in [4.78, 5) is 28.0. The molecule has 2 aromatic rings. The number of hydrogen-bond donors (Lipinski definition) is 4. The number of benzene rings is 2. The van der Waals surface area contributed by atoms with Gasteiger partial charge in [0.2, 0.25) is 0 Å². The van der Waals surface area contributed by atoms with E-state index in [-0.39, 0.29) is 23.6 Å². The Morgan fingerprint density at radius 2 is 1.94 bits per heavy atom. The molecule has 1 fully saturated rings. The Balaban J connectivity index is 1.27. The summed E-state index contributed by atoms with van der Waals surface area (Å²) < 4.78 is 0. The van der Waals surface area contributed by atoms with E-state index in [2.05, 4.69) is 11.4 Å². The zero-order valence-corrected chi connectivity index (χ0v) is 20.7. The van der Waals surface area contributed by atoms with Crippen LogP contribution in [0, 0.1) is 0 Å². The third kappa shape index (κ3) is 6.19. The Bertz CT molecular complexity index is 1110. The van der Waals surface area contributed by atoms with E-state index in [0.717, 1.165) is 35.3 Å². The van der Waals surface area contributed by atoms with Crippen molar-refractivity contribution in [1.29, 1.82) is 0 Å². The zero-order chi connectivity index (χ0) is 24.9. The molecule has 9 heteroatoms. The van der Waals surface area contributed by atoms with E-state index in [0.29, 0.717) is 18.0 Å². The number of allylic oxidation sites excluding steroid dienone is 2. The Hall–Kier alpha value is -2.52. The van der Waals surface area contributed by atoms with E-state index in [1.54, 1.807) is 42.1 Å². The first-order valence-electron chi connectivity index (χ1n) is 11.7. The number of likely N-dealkylation sites (tertiary alicyclic amines) is 1. The molecular formula is C26H29ClN2O5S. The van der Waals surface area contributed by atoms with Gasteiger partial charge in [0.1, 0.15) is 5.75 Å². The SMILES string of the molecule is O=C(NCC1CC=C(Cc2ccccc2O)S1)[C@H](O)[C@@H](O)C(=O)N1CCC[C@@H]1c1cccc(Cl)c1. The summed E-state index contributed by atoms with van der Waals surface area (Å²) >= 11 is 7.69. The molecule has 0 spiro atoms. The first-order valence-corrected chi connectivity index (χ1v) is 12.9. The molecule has 7 nitrogen and oxygen atoms in total. The summed E-state index contributed by atoms with van der Waals surface area (Å²) in [6, 6.07) is 14.1. The van der Waals surface area contributed by atoms with Gasteiger partial charge < -0.3 is 25.5 Å². The lowest BCUT2D eigenvalue weighted by Crippen LogP contribution is -2.51. The third-order valence-corrected chi connectivity index (χ3v) is 7.92. The molecule has 1 saturated heterocycles. The molecule has 4 rings (SSSR count). The number of phenols is 1. The molecule has 2 aromatic carbocycles. The summed E-state index contributed by atoms with van der Waals surface area (Å²) in [5.41, 5.74) is 1.70. The summed E-state index contributed by atoms with van der Waals surface area (Å²) in [6.45, 7) is 0.725. The number of nitrogens with zero attached hydrogens (tertiary/aromatic N) is 1. The third-order valence-electron chi connectivity index (χ3n) is 6.38. The van der Waals surface area contributed by atoms with Crippen molar-refractivity contribution in [1.82, 2.24) is 10.2 Å². The summed E-state index contributed by atoms with van der Waals surface area (Å²) in [5, 5.41) is 34.1. The molecule has 2 heterocycles. The first-order chi connectivity index (χ1) is 16.8. The van der Waals surface area contributed by atoms with Gasteiger partial charge in [0, 0.05) is 29.8 Å². The van der Waals surface area contributed by atoms with Gasteiger partial charge >= 0.3 is 0 Å². The molecule has 0 bridgehead atoms. The maximum absolute atomic E-state index is 12.9. The van der Waals surface area contributed by atoms with Gasteiger partial charge in [0.25, 0.3) is 11.8 Å². The maximum Gasteiger partial charge on any atom is 0.255 e. The number of carbonyl (C=O) groups excluding carboxylic acids is 2. The van der Waals surface area contributed by atoms with Crippen LogP contribution in [0.3, 0.4) is 0 Å². The summed E-state index contributed by atoms with van der Waals surface area (Å²) in [5.74, 6) is -1.20. The van der Waals surface area contributed by atoms with Crippen molar-refractivity contribution in [2.45, 2.75) is 49.2 Å². The summed E-state index contributed by atoms with van der Waals surface area (Å²) in [7, 11) is 0. The number of aromatic hydroxyl groups is 1. The van der Waals surface area contributed by atoms with Crippen LogP contribution in [0.25, 0.3) is 0 Å². The number of hydrogen-bond acceptors (Lipinski definition) is 6. The van der Waals surface area contributed by atoms with Crippen LogP contribution in [-0.4, -0.2) is 62.6 Å². The van der Waals surface area contributed by atoms with Crippen LogP contribution in [-0.2, 0) is 16.0 Å². The topological polar surface area (TPSA) is 110 Å². The van der Waals surface area contributed by atoms with Gasteiger partial charge in [0.15, 0.2) is 12.2 Å². The Labute approximate surface area is 213 Å². The number of halogens is 1. The smallest absolute Gasteiger partial charge is 0.255 e. The van der Waals surface area contributed by atoms with Crippen LogP contribution in [0.1, 0.15) is 36.4 Å². The minimum atomic E-state index is -1.86. The number of phenolic OH excluding ortho intramolecular Hbond substituents is 1. The minimum Gasteiger partial charge on any atom is -0.508 e. The number of para-hydroxylation sites is 1. The van der Waals surface area contributed by atoms with E-state index >= 15 is 0 Å². The highest BCUT2D eigenvalue weighted by atomic mass is 35.5. The predicted molar refractivity (Wildman–Crippen MR) is 136 cm³/mol. The second-order valence-electron chi connectivity index (χ2n) is 8.83. The van der Waals surface area contributed by atoms with E-state index in [9.17, 15) is 24.9 Å². The standard InChI is InChI=1S/C26H29ClN2O5S/c27-18-7-3-6-16(13-18)21-8-4-12-29(21)26(34)24(32)23(31)25(33)28-15-20-11-10-19(35-20)14-17-5-1-2-9-22(17)30/h1-3,5-7,9-10,13,20-21,23-24,30-32H,4,8,11-12,14-15H2,(H,28,33)/t20?,21-,23-,24-/m1/s1. The van der Waals surface area contributed by atoms with Gasteiger partial charge in [-0.15, -0.1) is 11.8 Å². The van der Waals surface area contributed by atoms with Gasteiger partial charge in [-0.1, -0.05) is 48.0 Å². The van der Waals surface area contributed by atoms with E-state index in [1.165, 1.54) is 4.90 Å². The van der Waals surface area contributed by atoms with Crippen molar-refractivity contribution in [2.75, 3.05) is 13.1 Å². The van der Waals surface area contributed by atoms with Crippen LogP contribution < -0.4 is 5.32 Å². The molecule has 2 aliphatic rings. The Kier molecular flexibility index (Phi) is 8.38. The van der Waals surface area contributed by atoms with Crippen molar-refractivity contribution >= 4 is 35.2 Å². The van der Waals surface area contributed by atoms with Crippen LogP contribution in [0.2, 0.25) is 5.02 Å². The van der Waals surface area contributed by atoms with Crippen molar-refractivity contribution in [2.24, 2.45) is 0 Å². The van der Waals surface area contributed by atoms with Gasteiger partial charge in [-0.25, -0.2) is 0 Å². The van der Waals surface area contributed by atoms with Crippen molar-refractivity contribution in [3.63, 3.8) is 0 Å². The lowest BCUT2D eigenvalue weighted by Gasteiger charge is -2.28. The van der Waals surface area contributed by atoms with Crippen LogP contribution in [0.15, 0.2) is 59.5 Å². The lowest BCUT2D eigenvalue weighted by molar-refractivity contribution is -0.153. The number of carbonyl (C=O) groups is 2. The lowest BCUT2D eigenvalue weighted by atomic mass is 10.0. The fraction of sp³-hybridized carbons (Fsp3) is 0.385. The minimum absolute atomic E-state index is 0.0747. The average molecular weight is 517 g/mol. The second-order valence-corrected chi connectivity index (χ2v) is 10.7. The first kappa shape index (κ1) is 25.6. The normalized spacial score (nSPS) is 21.5. The number of aliphatic hydroxyl groups excluding tert-OH is 2. The molecule has 1 unspecified atom stereocenters. The number of thioether (sulfide) groups is 1. The van der Waals surface area contributed by atoms with E-state index in [1.807, 2.05) is 18.2 Å². The monoisotopic (exact) mass is 516 g/mol. The highest BCUT2D eigenvalue weighted by molar-refractivity contribution is 8.03. The summed E-state index contributed by atoms with van der Waals surface area (Å²) in [6.07, 6.45) is 1.20. The van der Waals surface area contributed by atoms with Crippen molar-refractivity contribution in [3.8, 4) is 5.75 Å². The molecule has 186 valence electrons. The second kappa shape index (κ2) is 11.5. The number of nitrogens with one attached hydrogen (secondary N) is 1. The molecule has 4 atom stereocenters. The Morgan fingerprint density at radius 3 is 2.71 bits per heavy atom. The van der Waals surface area contributed by atoms with Crippen molar-refractivity contribution < 1.29 is 24.9 Å². The Morgan fingerprint density at radius 1 is 1.14 bits per heavy atom. The number of amides is 2. The molecule has 0 aliphatic carbocycles. The van der Waals surface area contributed by atoms with E-state index in [4.69, 9.17) is 11.6 Å². The molecule has 2 aliphatic heterocycles. The molecule has 0 saturated carbocycles. The largest absolute Gasteiger partial charge is 0.508 e. The molecule has 35 heavy (non-hydrogen) atoms. The maximum atomic E-state index is 12.9. The van der Waals surface area contributed by atoms with Crippen LogP contribution in [0.5, 0.6) is 5.75 Å². The number of aliphatic hydroxyl groups is 2.